The summed E-state index contributed by atoms with van der Waals surface area (Å²) in [5, 5.41) is 3.63. The van der Waals surface area contributed by atoms with Gasteiger partial charge in [0.25, 0.3) is 0 Å². The van der Waals surface area contributed by atoms with Crippen molar-refractivity contribution >= 4 is 11.8 Å². The van der Waals surface area contributed by atoms with Crippen molar-refractivity contribution in [3.05, 3.63) is 12.2 Å². The second kappa shape index (κ2) is 6.11. The Bertz CT molecular complexity index is 237. The fourth-order valence-electron chi connectivity index (χ4n) is 2.88. The highest BCUT2D eigenvalue weighted by Gasteiger charge is 2.34. The third-order valence-corrected chi connectivity index (χ3v) is 5.09. The van der Waals surface area contributed by atoms with E-state index >= 15 is 0 Å². The number of hydrogen-bond acceptors (Lipinski definition) is 2. The summed E-state index contributed by atoms with van der Waals surface area (Å²) in [6.45, 7) is 7.02. The Morgan fingerprint density at radius 2 is 2.19 bits per heavy atom. The Labute approximate surface area is 104 Å². The van der Waals surface area contributed by atoms with Crippen LogP contribution in [-0.4, -0.2) is 24.6 Å². The average molecular weight is 239 g/mol. The third kappa shape index (κ3) is 3.53. The Morgan fingerprint density at radius 3 is 2.81 bits per heavy atom. The van der Waals surface area contributed by atoms with E-state index in [1.54, 1.807) is 0 Å². The summed E-state index contributed by atoms with van der Waals surface area (Å²) in [6.07, 6.45) is 7.76. The minimum atomic E-state index is 0.834. The molecule has 3 atom stereocenters. The zero-order valence-corrected chi connectivity index (χ0v) is 11.4. The molecule has 0 aromatic carbocycles. The minimum Gasteiger partial charge on any atom is -0.316 e. The Kier molecular flexibility index (Phi) is 4.78. The molecule has 92 valence electrons. The van der Waals surface area contributed by atoms with Crippen molar-refractivity contribution in [2.45, 2.75) is 26.7 Å². The third-order valence-electron chi connectivity index (χ3n) is 3.70. The lowest BCUT2D eigenvalue weighted by Crippen LogP contribution is -2.27. The van der Waals surface area contributed by atoms with E-state index in [1.807, 2.05) is 0 Å². The van der Waals surface area contributed by atoms with Crippen LogP contribution in [0.3, 0.4) is 0 Å². The van der Waals surface area contributed by atoms with Crippen LogP contribution in [0.15, 0.2) is 12.2 Å². The molecule has 16 heavy (non-hydrogen) atoms. The van der Waals surface area contributed by atoms with Gasteiger partial charge in [0, 0.05) is 12.3 Å². The molecule has 2 rings (SSSR count). The van der Waals surface area contributed by atoms with Gasteiger partial charge < -0.3 is 5.32 Å². The van der Waals surface area contributed by atoms with Gasteiger partial charge in [-0.1, -0.05) is 26.0 Å². The monoisotopic (exact) mass is 239 g/mol. The Balaban J connectivity index is 1.48. The summed E-state index contributed by atoms with van der Waals surface area (Å²) in [6, 6.07) is 0. The van der Waals surface area contributed by atoms with Gasteiger partial charge in [0.1, 0.15) is 0 Å². The number of fused-ring (bicyclic) bond motifs is 2. The molecule has 0 aromatic rings. The van der Waals surface area contributed by atoms with E-state index in [4.69, 9.17) is 0 Å². The summed E-state index contributed by atoms with van der Waals surface area (Å²) in [5.74, 6) is 6.17. The molecule has 2 bridgehead atoms. The molecule has 0 spiro atoms. The predicted molar refractivity (Wildman–Crippen MR) is 73.9 cm³/mol. The van der Waals surface area contributed by atoms with Crippen LogP contribution in [0, 0.1) is 23.7 Å². The van der Waals surface area contributed by atoms with Crippen LogP contribution in [0.2, 0.25) is 0 Å². The van der Waals surface area contributed by atoms with Crippen molar-refractivity contribution < 1.29 is 0 Å². The van der Waals surface area contributed by atoms with Gasteiger partial charge >= 0.3 is 0 Å². The molecule has 2 heteroatoms. The molecule has 0 aliphatic heterocycles. The van der Waals surface area contributed by atoms with Crippen molar-refractivity contribution in [3.63, 3.8) is 0 Å². The van der Waals surface area contributed by atoms with E-state index in [1.165, 1.54) is 37.4 Å². The first-order valence-electron chi connectivity index (χ1n) is 6.72. The quantitative estimate of drug-likeness (QED) is 0.541. The van der Waals surface area contributed by atoms with Crippen molar-refractivity contribution in [2.24, 2.45) is 23.7 Å². The molecule has 0 saturated heterocycles. The van der Waals surface area contributed by atoms with Gasteiger partial charge in [0.05, 0.1) is 0 Å². The summed E-state index contributed by atoms with van der Waals surface area (Å²) in [7, 11) is 0. The summed E-state index contributed by atoms with van der Waals surface area (Å²) >= 11 is 2.08. The van der Waals surface area contributed by atoms with Crippen LogP contribution in [0.1, 0.15) is 26.7 Å². The van der Waals surface area contributed by atoms with Crippen molar-refractivity contribution in [3.8, 4) is 0 Å². The molecule has 3 unspecified atom stereocenters. The first-order chi connectivity index (χ1) is 7.75. The second-order valence-electron chi connectivity index (χ2n) is 5.71. The highest BCUT2D eigenvalue weighted by Crippen LogP contribution is 2.42. The van der Waals surface area contributed by atoms with Crippen LogP contribution >= 0.6 is 11.8 Å². The maximum Gasteiger partial charge on any atom is 0.00582 e. The van der Waals surface area contributed by atoms with Gasteiger partial charge in [-0.3, -0.25) is 0 Å². The Hall–Kier alpha value is 0.0500. The van der Waals surface area contributed by atoms with Crippen LogP contribution in [0.4, 0.5) is 0 Å². The van der Waals surface area contributed by atoms with Gasteiger partial charge in [-0.25, -0.2) is 0 Å². The molecular formula is C14H25NS. The number of hydrogen-bond donors (Lipinski definition) is 1. The van der Waals surface area contributed by atoms with E-state index in [9.17, 15) is 0 Å². The minimum absolute atomic E-state index is 0.834. The lowest BCUT2D eigenvalue weighted by Gasteiger charge is -2.18. The van der Waals surface area contributed by atoms with Gasteiger partial charge in [-0.15, -0.1) is 0 Å². The SMILES string of the molecule is CC(C)CSCCNCC1CC2C=CC1C2. The van der Waals surface area contributed by atoms with Gasteiger partial charge in [-0.2, -0.15) is 11.8 Å². The van der Waals surface area contributed by atoms with E-state index in [0.717, 1.165) is 23.7 Å². The Morgan fingerprint density at radius 1 is 1.31 bits per heavy atom. The van der Waals surface area contributed by atoms with E-state index in [0.29, 0.717) is 0 Å². The first-order valence-corrected chi connectivity index (χ1v) is 7.88. The molecule has 1 fully saturated rings. The average Bonchev–Trinajstić information content (AvgIpc) is 2.84. The van der Waals surface area contributed by atoms with E-state index in [-0.39, 0.29) is 0 Å². The highest BCUT2D eigenvalue weighted by atomic mass is 32.2. The zero-order chi connectivity index (χ0) is 11.4. The van der Waals surface area contributed by atoms with Gasteiger partial charge in [-0.05, 0) is 48.8 Å². The normalized spacial score (nSPS) is 31.8. The van der Waals surface area contributed by atoms with Crippen molar-refractivity contribution in [1.82, 2.24) is 5.32 Å². The molecule has 0 aromatic heterocycles. The maximum absolute atomic E-state index is 3.63. The second-order valence-corrected chi connectivity index (χ2v) is 6.86. The molecule has 0 heterocycles. The predicted octanol–water partition coefficient (Wildman–Crippen LogP) is 3.18. The largest absolute Gasteiger partial charge is 0.316 e. The standard InChI is InChI=1S/C14H25NS/c1-11(2)10-16-6-5-15-9-14-8-12-3-4-13(14)7-12/h3-4,11-15H,5-10H2,1-2H3. The molecule has 2 aliphatic carbocycles. The van der Waals surface area contributed by atoms with Crippen LogP contribution in [0.5, 0.6) is 0 Å². The number of nitrogens with one attached hydrogen (secondary N) is 1. The molecular weight excluding hydrogens is 214 g/mol. The van der Waals surface area contributed by atoms with Gasteiger partial charge in [0.2, 0.25) is 0 Å². The highest BCUT2D eigenvalue weighted by molar-refractivity contribution is 7.99. The van der Waals surface area contributed by atoms with Gasteiger partial charge in [0.15, 0.2) is 0 Å². The number of rotatable bonds is 7. The van der Waals surface area contributed by atoms with Crippen molar-refractivity contribution in [2.75, 3.05) is 24.6 Å². The molecule has 0 radical (unpaired) electrons. The lowest BCUT2D eigenvalue weighted by molar-refractivity contribution is 0.420. The molecule has 0 amide bonds. The van der Waals surface area contributed by atoms with Crippen LogP contribution < -0.4 is 5.32 Å². The van der Waals surface area contributed by atoms with E-state index in [2.05, 4.69) is 43.1 Å². The fourth-order valence-corrected chi connectivity index (χ4v) is 3.81. The molecule has 2 aliphatic rings. The van der Waals surface area contributed by atoms with Crippen LogP contribution in [0.25, 0.3) is 0 Å². The maximum atomic E-state index is 3.63. The van der Waals surface area contributed by atoms with Crippen molar-refractivity contribution in [1.29, 1.82) is 0 Å². The first kappa shape index (κ1) is 12.5. The summed E-state index contributed by atoms with van der Waals surface area (Å²) < 4.78 is 0. The topological polar surface area (TPSA) is 12.0 Å². The lowest BCUT2D eigenvalue weighted by atomic mass is 9.94. The summed E-state index contributed by atoms with van der Waals surface area (Å²) in [5.41, 5.74) is 0. The fraction of sp³-hybridized carbons (Fsp3) is 0.857. The summed E-state index contributed by atoms with van der Waals surface area (Å²) in [4.78, 5) is 0. The zero-order valence-electron chi connectivity index (χ0n) is 10.6. The smallest absolute Gasteiger partial charge is 0.00582 e. The molecule has 1 saturated carbocycles. The molecule has 1 N–H and O–H groups in total. The molecule has 1 nitrogen and oxygen atoms in total. The van der Waals surface area contributed by atoms with Crippen LogP contribution in [-0.2, 0) is 0 Å². The number of allylic oxidation sites excluding steroid dienone is 2. The van der Waals surface area contributed by atoms with E-state index < -0.39 is 0 Å². The number of thioether (sulfide) groups is 1.